The Morgan fingerprint density at radius 2 is 0.529 bits per heavy atom. The van der Waals surface area contributed by atoms with Crippen LogP contribution in [0, 0.1) is 0 Å². The van der Waals surface area contributed by atoms with Gasteiger partial charge in [0, 0.05) is 26.1 Å². The van der Waals surface area contributed by atoms with Crippen LogP contribution in [0.15, 0.2) is 243 Å². The van der Waals surface area contributed by atoms with Crippen LogP contribution in [0.25, 0.3) is 0 Å². The zero-order chi connectivity index (χ0) is 71.4. The van der Waals surface area contributed by atoms with Gasteiger partial charge in [0.25, 0.3) is 0 Å². The van der Waals surface area contributed by atoms with Gasteiger partial charge in [0.05, 0.1) is 64.3 Å². The van der Waals surface area contributed by atoms with E-state index in [0.29, 0.717) is 0 Å². The van der Waals surface area contributed by atoms with Crippen LogP contribution in [0.3, 0.4) is 0 Å². The van der Waals surface area contributed by atoms with Crippen molar-refractivity contribution in [3.05, 3.63) is 287 Å². The third-order valence-electron chi connectivity index (χ3n) is 15.7. The van der Waals surface area contributed by atoms with Crippen LogP contribution >= 0.6 is 0 Å². The van der Waals surface area contributed by atoms with Crippen LogP contribution in [0.2, 0.25) is 0 Å². The molecule has 25 nitrogen and oxygen atoms in total. The average Bonchev–Trinajstić information content (AvgIpc) is 0.782. The Kier molecular flexibility index (Phi) is 26.8. The van der Waals surface area contributed by atoms with E-state index in [4.69, 9.17) is 56.8 Å². The monoisotopic (exact) mass is 1390 g/mol. The highest BCUT2D eigenvalue weighted by Gasteiger charge is 2.55. The maximum Gasteiger partial charge on any atom is 0.338 e. The smallest absolute Gasteiger partial charge is 0.338 e. The molecule has 102 heavy (non-hydrogen) atoms. The summed E-state index contributed by atoms with van der Waals surface area (Å²) in [5, 5.41) is 8.30. The molecule has 0 aromatic heterocycles. The molecule has 0 spiro atoms. The molecular weight excluding hydrogens is 1320 g/mol. The minimum absolute atomic E-state index is 0.000501. The molecule has 8 aromatic carbocycles. The summed E-state index contributed by atoms with van der Waals surface area (Å²) in [5.74, 6) is -7.95. The number of rotatable bonds is 31. The number of esters is 8. The first-order valence-electron chi connectivity index (χ1n) is 32.5. The Morgan fingerprint density at radius 1 is 0.284 bits per heavy atom. The molecule has 0 radical (unpaired) electrons. The molecule has 8 aromatic rings. The molecule has 25 heteroatoms. The Morgan fingerprint density at radius 3 is 0.814 bits per heavy atom. The fourth-order valence-corrected chi connectivity index (χ4v) is 10.6. The summed E-state index contributed by atoms with van der Waals surface area (Å²) in [6, 6.07) is 63.3. The van der Waals surface area contributed by atoms with Crippen molar-refractivity contribution in [2.75, 3.05) is 52.6 Å². The molecule has 3 N–H and O–H groups in total. The molecule has 10 atom stereocenters. The van der Waals surface area contributed by atoms with Gasteiger partial charge in [-0.25, -0.2) is 38.4 Å². The normalized spacial score (nSPS) is 19.8. The molecule has 526 valence electrons. The van der Waals surface area contributed by atoms with Crippen LogP contribution in [0.1, 0.15) is 89.3 Å². The molecule has 2 amide bonds. The van der Waals surface area contributed by atoms with E-state index in [1.807, 2.05) is 0 Å². The Balaban J connectivity index is 0.779. The van der Waals surface area contributed by atoms with Gasteiger partial charge in [0.1, 0.15) is 25.4 Å². The maximum absolute atomic E-state index is 14.0. The second-order valence-electron chi connectivity index (χ2n) is 22.8. The molecule has 2 saturated heterocycles. The number of amides is 2. The van der Waals surface area contributed by atoms with Crippen molar-refractivity contribution in [3.8, 4) is 0 Å². The third kappa shape index (κ3) is 20.9. The number of ether oxygens (including phenoxy) is 12. The summed E-state index contributed by atoms with van der Waals surface area (Å²) in [6.45, 7) is -2.45. The third-order valence-corrected chi connectivity index (χ3v) is 15.7. The maximum atomic E-state index is 14.0. The number of carbonyl (C=O) groups is 10. The van der Waals surface area contributed by atoms with Crippen molar-refractivity contribution in [1.29, 1.82) is 0 Å². The van der Waals surface area contributed by atoms with Crippen LogP contribution < -0.4 is 16.0 Å². The second-order valence-corrected chi connectivity index (χ2v) is 22.8. The van der Waals surface area contributed by atoms with E-state index in [1.54, 1.807) is 146 Å². The second kappa shape index (κ2) is 37.4. The number of hydrogen-bond acceptors (Lipinski definition) is 23. The average molecular weight is 1390 g/mol. The molecule has 0 saturated carbocycles. The first-order valence-corrected chi connectivity index (χ1v) is 32.5. The highest BCUT2D eigenvalue weighted by atomic mass is 16.7. The fourth-order valence-electron chi connectivity index (χ4n) is 10.6. The van der Waals surface area contributed by atoms with Gasteiger partial charge in [-0.1, -0.05) is 146 Å². The highest BCUT2D eigenvalue weighted by molar-refractivity contribution is 5.94. The lowest BCUT2D eigenvalue weighted by molar-refractivity contribution is -0.297. The van der Waals surface area contributed by atoms with Gasteiger partial charge in [-0.2, -0.15) is 0 Å². The number of hydrogen-bond donors (Lipinski definition) is 3. The van der Waals surface area contributed by atoms with Crippen molar-refractivity contribution >= 4 is 59.6 Å². The number of benzene rings is 8. The molecule has 2 heterocycles. The first kappa shape index (κ1) is 73.0. The first-order chi connectivity index (χ1) is 49.8. The van der Waals surface area contributed by atoms with E-state index in [9.17, 15) is 47.9 Å². The predicted octanol–water partition coefficient (Wildman–Crippen LogP) is 7.75. The van der Waals surface area contributed by atoms with Crippen molar-refractivity contribution in [2.24, 2.45) is 0 Å². The van der Waals surface area contributed by atoms with Gasteiger partial charge in [-0.3, -0.25) is 9.59 Å². The molecule has 2 fully saturated rings. The summed E-state index contributed by atoms with van der Waals surface area (Å²) in [4.78, 5) is 137. The van der Waals surface area contributed by atoms with Crippen molar-refractivity contribution in [1.82, 2.24) is 16.0 Å². The summed E-state index contributed by atoms with van der Waals surface area (Å²) in [6.07, 6.45) is -16.2. The van der Waals surface area contributed by atoms with E-state index >= 15 is 0 Å². The van der Waals surface area contributed by atoms with Crippen LogP contribution in [-0.4, -0.2) is 174 Å². The summed E-state index contributed by atoms with van der Waals surface area (Å²) in [5.41, 5.74) is 0.930. The fraction of sp³-hybridized carbons (Fsp3) is 0.247. The van der Waals surface area contributed by atoms with Crippen LogP contribution in [0.5, 0.6) is 0 Å². The van der Waals surface area contributed by atoms with E-state index in [1.165, 1.54) is 97.1 Å². The highest BCUT2D eigenvalue weighted by Crippen LogP contribution is 2.34. The van der Waals surface area contributed by atoms with Crippen molar-refractivity contribution < 1.29 is 105 Å². The lowest BCUT2D eigenvalue weighted by Crippen LogP contribution is -2.63. The molecule has 0 bridgehead atoms. The summed E-state index contributed by atoms with van der Waals surface area (Å²) < 4.78 is 73.2. The number of carbonyl (C=O) groups excluding carboxylic acids is 10. The quantitative estimate of drug-likeness (QED) is 0.0212. The van der Waals surface area contributed by atoms with Gasteiger partial charge >= 0.3 is 47.8 Å². The zero-order valence-corrected chi connectivity index (χ0v) is 54.7. The SMILES string of the molecule is O=C(CCNCC(=O)NCCO[C@@H]1O[C@H](COC(=O)c2ccccc2)[C@H](OC(=O)c2ccccc2)[C@H](OC(=O)c2ccccc2)[C@H]1OC(=O)c1ccccc1)NCCO[C@@H]1O[C@H](COC(=O)c2ccccc2)[C@H](OC(=O)c2ccccc2)[C@H](OC(=O)c2ccccc2)[C@H]1OC(=O)c1ccccc1. The van der Waals surface area contributed by atoms with E-state index in [2.05, 4.69) is 16.0 Å². The van der Waals surface area contributed by atoms with Gasteiger partial charge in [0.15, 0.2) is 49.2 Å². The van der Waals surface area contributed by atoms with Gasteiger partial charge in [0.2, 0.25) is 11.8 Å². The zero-order valence-electron chi connectivity index (χ0n) is 54.7. The van der Waals surface area contributed by atoms with Gasteiger partial charge in [-0.15, -0.1) is 0 Å². The standard InChI is InChI=1S/C77H71N3O22/c81-60(79-43-45-91-76-66(101-74(89)56-37-21-7-22-38-56)64(99-72(87)54-33-17-5-18-34-54)62(97-70(85)52-29-13-3-14-30-52)58(95-76)48-93-68(83)50-25-9-1-10-26-50)41-42-78-47-61(82)80-44-46-92-77-67(102-75(90)57-39-23-8-24-40-57)65(100-73(88)55-35-19-6-20-36-55)63(98-71(86)53-31-15-4-16-32-53)59(96-77)49-94-69(84)51-27-11-2-12-28-51/h1-40,58-59,62-67,76-78H,41-49H2,(H,79,81)(H,80,82)/t58-,59-,62+,63+,64+,65+,66-,67-,76-,77-/m1/s1. The minimum atomic E-state index is -1.69. The van der Waals surface area contributed by atoms with Crippen LogP contribution in [-0.2, 0) is 66.4 Å². The van der Waals surface area contributed by atoms with E-state index in [0.717, 1.165) is 0 Å². The van der Waals surface area contributed by atoms with Crippen molar-refractivity contribution in [3.63, 3.8) is 0 Å². The largest absolute Gasteiger partial charge is 0.459 e. The minimum Gasteiger partial charge on any atom is -0.459 e. The van der Waals surface area contributed by atoms with E-state index < -0.39 is 134 Å². The van der Waals surface area contributed by atoms with Gasteiger partial charge in [-0.05, 0) is 97.1 Å². The topological polar surface area (TPSA) is 318 Å². The van der Waals surface area contributed by atoms with E-state index in [-0.39, 0.29) is 90.3 Å². The van der Waals surface area contributed by atoms with Gasteiger partial charge < -0.3 is 72.8 Å². The molecule has 2 aliphatic rings. The molecule has 0 unspecified atom stereocenters. The molecule has 2 aliphatic heterocycles. The lowest BCUT2D eigenvalue weighted by atomic mass is 9.97. The predicted molar refractivity (Wildman–Crippen MR) is 360 cm³/mol. The molecular formula is C77H71N3O22. The summed E-state index contributed by atoms with van der Waals surface area (Å²) in [7, 11) is 0. The number of nitrogens with one attached hydrogen (secondary N) is 3. The van der Waals surface area contributed by atoms with Crippen LogP contribution in [0.4, 0.5) is 0 Å². The molecule has 0 aliphatic carbocycles. The molecule has 10 rings (SSSR count). The Labute approximate surface area is 585 Å². The Bertz CT molecular complexity index is 3810. The summed E-state index contributed by atoms with van der Waals surface area (Å²) >= 11 is 0. The van der Waals surface area contributed by atoms with Crippen molar-refractivity contribution in [2.45, 2.75) is 67.8 Å². The lowest BCUT2D eigenvalue weighted by Gasteiger charge is -2.44. The Hall–Kier alpha value is -11.7.